The van der Waals surface area contributed by atoms with Gasteiger partial charge in [-0.15, -0.1) is 11.8 Å². The molecule has 0 aliphatic heterocycles. The maximum Gasteiger partial charge on any atom is 0.335 e. The second-order valence-corrected chi connectivity index (χ2v) is 10.4. The van der Waals surface area contributed by atoms with Crippen LogP contribution in [0.1, 0.15) is 26.3 Å². The molecule has 0 heterocycles. The van der Waals surface area contributed by atoms with Gasteiger partial charge in [0.15, 0.2) is 0 Å². The van der Waals surface area contributed by atoms with Gasteiger partial charge in [-0.1, -0.05) is 41.9 Å². The summed E-state index contributed by atoms with van der Waals surface area (Å²) in [7, 11) is 1.56. The number of amides is 3. The van der Waals surface area contributed by atoms with Crippen LogP contribution in [0.3, 0.4) is 0 Å². The second-order valence-electron chi connectivity index (χ2n) is 8.97. The Morgan fingerprint density at radius 2 is 1.56 bits per heavy atom. The molecular formula is C32H26ClN3O6S. The summed E-state index contributed by atoms with van der Waals surface area (Å²) in [5.74, 6) is -1.76. The Kier molecular flexibility index (Phi) is 10.6. The highest BCUT2D eigenvalue weighted by atomic mass is 35.5. The number of carbonyl (C=O) groups excluding carboxylic acids is 3. The molecule has 4 aromatic carbocycles. The third-order valence-electron chi connectivity index (χ3n) is 5.93. The highest BCUT2D eigenvalue weighted by Gasteiger charge is 2.16. The smallest absolute Gasteiger partial charge is 0.335 e. The first-order chi connectivity index (χ1) is 20.7. The summed E-state index contributed by atoms with van der Waals surface area (Å²) in [6.07, 6.45) is 1.57. The number of carboxylic acid groups (broad SMARTS) is 1. The maximum absolute atomic E-state index is 13.2. The van der Waals surface area contributed by atoms with Gasteiger partial charge in [-0.2, -0.15) is 0 Å². The summed E-state index contributed by atoms with van der Waals surface area (Å²) in [4.78, 5) is 50.5. The van der Waals surface area contributed by atoms with E-state index >= 15 is 0 Å². The lowest BCUT2D eigenvalue weighted by Gasteiger charge is -2.12. The minimum Gasteiger partial charge on any atom is -0.497 e. The van der Waals surface area contributed by atoms with E-state index in [0.29, 0.717) is 22.6 Å². The number of halogens is 1. The molecule has 0 spiro atoms. The Hall–Kier alpha value is -5.06. The lowest BCUT2D eigenvalue weighted by Crippen LogP contribution is -2.30. The van der Waals surface area contributed by atoms with Crippen LogP contribution in [0, 0.1) is 0 Å². The Labute approximate surface area is 256 Å². The summed E-state index contributed by atoms with van der Waals surface area (Å²) in [5, 5.41) is 17.5. The van der Waals surface area contributed by atoms with Crippen LogP contribution >= 0.6 is 23.4 Å². The van der Waals surface area contributed by atoms with Crippen LogP contribution in [0.5, 0.6) is 5.75 Å². The third kappa shape index (κ3) is 8.96. The normalized spacial score (nSPS) is 10.9. The first kappa shape index (κ1) is 30.9. The van der Waals surface area contributed by atoms with Crippen LogP contribution in [-0.4, -0.2) is 41.7 Å². The standard InChI is InChI=1S/C32H26ClN3O6S/c1-42-24-12-7-20(8-13-24)17-28(36-30(38)21-5-3-2-4-6-21)31(39)34-23-10-14-25(15-11-23)43-19-29(37)35-27-18-22(32(40)41)9-16-26(27)33/h2-18H,19H2,1H3,(H,34,39)(H,35,37)(H,36,38)(H,40,41)/b28-17-. The van der Waals surface area contributed by atoms with Gasteiger partial charge in [0, 0.05) is 16.1 Å². The molecule has 0 saturated heterocycles. The molecule has 0 aliphatic carbocycles. The number of nitrogens with one attached hydrogen (secondary N) is 3. The Bertz CT molecular complexity index is 1660. The molecule has 4 N–H and O–H groups in total. The van der Waals surface area contributed by atoms with Crippen LogP contribution in [0.4, 0.5) is 11.4 Å². The topological polar surface area (TPSA) is 134 Å². The van der Waals surface area contributed by atoms with Gasteiger partial charge in [-0.25, -0.2) is 4.79 Å². The maximum atomic E-state index is 13.2. The Morgan fingerprint density at radius 1 is 0.860 bits per heavy atom. The fourth-order valence-corrected chi connectivity index (χ4v) is 4.59. The SMILES string of the molecule is COc1ccc(/C=C(\NC(=O)c2ccccc2)C(=O)Nc2ccc(SCC(=O)Nc3cc(C(=O)O)ccc3Cl)cc2)cc1. The molecule has 0 unspecified atom stereocenters. The van der Waals surface area contributed by atoms with Gasteiger partial charge in [0.2, 0.25) is 5.91 Å². The van der Waals surface area contributed by atoms with Gasteiger partial charge < -0.3 is 25.8 Å². The average molecular weight is 616 g/mol. The minimum atomic E-state index is -1.13. The number of anilines is 2. The summed E-state index contributed by atoms with van der Waals surface area (Å²) in [5.41, 5.74) is 1.82. The van der Waals surface area contributed by atoms with Gasteiger partial charge in [-0.05, 0) is 78.4 Å². The first-order valence-corrected chi connectivity index (χ1v) is 14.2. The molecule has 218 valence electrons. The number of methoxy groups -OCH3 is 1. The van der Waals surface area contributed by atoms with Crippen molar-refractivity contribution in [2.75, 3.05) is 23.5 Å². The van der Waals surface area contributed by atoms with E-state index in [1.807, 2.05) is 0 Å². The van der Waals surface area contributed by atoms with E-state index in [1.54, 1.807) is 92.0 Å². The quantitative estimate of drug-likeness (QED) is 0.117. The van der Waals surface area contributed by atoms with E-state index in [9.17, 15) is 19.2 Å². The third-order valence-corrected chi connectivity index (χ3v) is 7.27. The van der Waals surface area contributed by atoms with Crippen molar-refractivity contribution in [2.24, 2.45) is 0 Å². The van der Waals surface area contributed by atoms with Crippen molar-refractivity contribution < 1.29 is 29.0 Å². The lowest BCUT2D eigenvalue weighted by molar-refractivity contribution is -0.114. The van der Waals surface area contributed by atoms with Gasteiger partial charge in [0.1, 0.15) is 11.4 Å². The van der Waals surface area contributed by atoms with E-state index in [-0.39, 0.29) is 33.6 Å². The zero-order chi connectivity index (χ0) is 30.8. The minimum absolute atomic E-state index is 0.00613. The van der Waals surface area contributed by atoms with Crippen molar-refractivity contribution in [1.29, 1.82) is 0 Å². The molecule has 9 nitrogen and oxygen atoms in total. The monoisotopic (exact) mass is 615 g/mol. The molecule has 3 amide bonds. The summed E-state index contributed by atoms with van der Waals surface area (Å²) >= 11 is 7.32. The van der Waals surface area contributed by atoms with Crippen molar-refractivity contribution in [3.05, 3.63) is 124 Å². The predicted octanol–water partition coefficient (Wildman–Crippen LogP) is 6.19. The number of carbonyl (C=O) groups is 4. The average Bonchev–Trinajstić information content (AvgIpc) is 3.02. The molecule has 0 fully saturated rings. The van der Waals surface area contributed by atoms with Crippen LogP contribution < -0.4 is 20.7 Å². The zero-order valence-corrected chi connectivity index (χ0v) is 24.4. The molecule has 0 aromatic heterocycles. The van der Waals surface area contributed by atoms with Crippen molar-refractivity contribution in [1.82, 2.24) is 5.32 Å². The number of hydrogen-bond donors (Lipinski definition) is 4. The highest BCUT2D eigenvalue weighted by molar-refractivity contribution is 8.00. The molecule has 4 aromatic rings. The van der Waals surface area contributed by atoms with Crippen molar-refractivity contribution in [3.8, 4) is 5.75 Å². The molecular weight excluding hydrogens is 590 g/mol. The first-order valence-electron chi connectivity index (χ1n) is 12.8. The van der Waals surface area contributed by atoms with Gasteiger partial charge in [0.25, 0.3) is 11.8 Å². The van der Waals surface area contributed by atoms with Crippen molar-refractivity contribution >= 4 is 64.5 Å². The van der Waals surface area contributed by atoms with Crippen molar-refractivity contribution in [3.63, 3.8) is 0 Å². The van der Waals surface area contributed by atoms with Crippen LogP contribution in [0.2, 0.25) is 5.02 Å². The van der Waals surface area contributed by atoms with Gasteiger partial charge >= 0.3 is 5.97 Å². The highest BCUT2D eigenvalue weighted by Crippen LogP contribution is 2.25. The van der Waals surface area contributed by atoms with Gasteiger partial charge in [-0.3, -0.25) is 14.4 Å². The van der Waals surface area contributed by atoms with E-state index in [2.05, 4.69) is 16.0 Å². The fraction of sp³-hybridized carbons (Fsp3) is 0.0625. The molecule has 0 aliphatic rings. The van der Waals surface area contributed by atoms with E-state index < -0.39 is 17.8 Å². The number of hydrogen-bond acceptors (Lipinski definition) is 6. The number of rotatable bonds is 11. The number of benzene rings is 4. The Balaban J connectivity index is 1.40. The molecule has 43 heavy (non-hydrogen) atoms. The predicted molar refractivity (Wildman–Crippen MR) is 168 cm³/mol. The lowest BCUT2D eigenvalue weighted by atomic mass is 10.1. The zero-order valence-electron chi connectivity index (χ0n) is 22.8. The largest absolute Gasteiger partial charge is 0.497 e. The second kappa shape index (κ2) is 14.7. The number of aromatic carboxylic acids is 1. The molecule has 11 heteroatoms. The molecule has 4 rings (SSSR count). The fourth-order valence-electron chi connectivity index (χ4n) is 3.73. The van der Waals surface area contributed by atoms with E-state index in [4.69, 9.17) is 21.4 Å². The summed E-state index contributed by atoms with van der Waals surface area (Å²) in [6, 6.07) is 26.5. The summed E-state index contributed by atoms with van der Waals surface area (Å²) in [6.45, 7) is 0. The van der Waals surface area contributed by atoms with E-state index in [1.165, 1.54) is 30.0 Å². The molecule has 0 radical (unpaired) electrons. The van der Waals surface area contributed by atoms with Gasteiger partial charge in [0.05, 0.1) is 29.1 Å². The number of ether oxygens (including phenoxy) is 1. The van der Waals surface area contributed by atoms with Crippen LogP contribution in [0.25, 0.3) is 6.08 Å². The van der Waals surface area contributed by atoms with Crippen molar-refractivity contribution in [2.45, 2.75) is 4.90 Å². The number of carboxylic acids is 1. The molecule has 0 atom stereocenters. The molecule has 0 saturated carbocycles. The van der Waals surface area contributed by atoms with Crippen LogP contribution in [-0.2, 0) is 9.59 Å². The van der Waals surface area contributed by atoms with E-state index in [0.717, 1.165) is 4.90 Å². The van der Waals surface area contributed by atoms with Crippen LogP contribution in [0.15, 0.2) is 108 Å². The summed E-state index contributed by atoms with van der Waals surface area (Å²) < 4.78 is 5.19. The molecule has 0 bridgehead atoms. The Morgan fingerprint density at radius 3 is 2.21 bits per heavy atom. The number of thioether (sulfide) groups is 1.